The number of nitro benzene ring substituents is 1. The fourth-order valence-corrected chi connectivity index (χ4v) is 3.16. The molecule has 0 aliphatic carbocycles. The molecule has 7 nitrogen and oxygen atoms in total. The summed E-state index contributed by atoms with van der Waals surface area (Å²) in [6.07, 6.45) is 2.07. The van der Waals surface area contributed by atoms with E-state index in [0.29, 0.717) is 29.6 Å². The first-order chi connectivity index (χ1) is 11.5. The smallest absolute Gasteiger partial charge is 0.293 e. The van der Waals surface area contributed by atoms with Gasteiger partial charge in [-0.1, -0.05) is 6.92 Å². The Morgan fingerprint density at radius 1 is 1.38 bits per heavy atom. The fraction of sp³-hybridized carbons (Fsp3) is 0.588. The van der Waals surface area contributed by atoms with E-state index in [0.717, 1.165) is 39.0 Å². The first kappa shape index (κ1) is 16.7. The zero-order valence-corrected chi connectivity index (χ0v) is 14.0. The average molecular weight is 332 g/mol. The molecular weight excluding hydrogens is 308 g/mol. The van der Waals surface area contributed by atoms with Crippen LogP contribution >= 0.6 is 0 Å². The molecular formula is C17H24N4O3. The van der Waals surface area contributed by atoms with Crippen molar-refractivity contribution in [3.8, 4) is 0 Å². The van der Waals surface area contributed by atoms with Crippen LogP contribution in [0.25, 0.3) is 0 Å². The van der Waals surface area contributed by atoms with Gasteiger partial charge in [-0.3, -0.25) is 14.9 Å². The number of carbonyl (C=O) groups is 1. The quantitative estimate of drug-likeness (QED) is 0.634. The van der Waals surface area contributed by atoms with E-state index in [1.54, 1.807) is 12.1 Å². The highest BCUT2D eigenvalue weighted by Gasteiger charge is 2.25. The third-order valence-corrected chi connectivity index (χ3v) is 4.98. The van der Waals surface area contributed by atoms with Crippen molar-refractivity contribution in [2.45, 2.75) is 19.8 Å². The van der Waals surface area contributed by atoms with E-state index >= 15 is 0 Å². The predicted octanol–water partition coefficient (Wildman–Crippen LogP) is 1.78. The largest absolute Gasteiger partial charge is 0.366 e. The molecule has 130 valence electrons. The van der Waals surface area contributed by atoms with Crippen molar-refractivity contribution in [3.05, 3.63) is 33.9 Å². The lowest BCUT2D eigenvalue weighted by Gasteiger charge is -2.31. The molecule has 2 fully saturated rings. The molecule has 2 aliphatic rings. The first-order valence-corrected chi connectivity index (χ1v) is 8.57. The number of nitrogens with zero attached hydrogens (tertiary/aromatic N) is 2. The molecule has 0 aromatic heterocycles. The number of nitro groups is 1. The molecule has 0 bridgehead atoms. The summed E-state index contributed by atoms with van der Waals surface area (Å²) in [5, 5.41) is 17.5. The number of anilines is 1. The van der Waals surface area contributed by atoms with Gasteiger partial charge in [-0.25, -0.2) is 0 Å². The lowest BCUT2D eigenvalue weighted by molar-refractivity contribution is -0.384. The number of amides is 1. The lowest BCUT2D eigenvalue weighted by Crippen LogP contribution is -2.48. The van der Waals surface area contributed by atoms with E-state index in [9.17, 15) is 14.9 Å². The van der Waals surface area contributed by atoms with Crippen LogP contribution in [0.5, 0.6) is 0 Å². The van der Waals surface area contributed by atoms with Crippen molar-refractivity contribution in [1.29, 1.82) is 0 Å². The van der Waals surface area contributed by atoms with E-state index in [2.05, 4.69) is 22.5 Å². The van der Waals surface area contributed by atoms with E-state index < -0.39 is 0 Å². The highest BCUT2D eigenvalue weighted by molar-refractivity contribution is 5.95. The van der Waals surface area contributed by atoms with Gasteiger partial charge >= 0.3 is 0 Å². The number of piperidine rings is 1. The summed E-state index contributed by atoms with van der Waals surface area (Å²) in [5.41, 5.74) is 0.984. The summed E-state index contributed by atoms with van der Waals surface area (Å²) in [4.78, 5) is 25.4. The second-order valence-electron chi connectivity index (χ2n) is 6.86. The van der Waals surface area contributed by atoms with Crippen LogP contribution in [-0.2, 0) is 0 Å². The molecule has 3 rings (SSSR count). The molecule has 0 unspecified atom stereocenters. The SMILES string of the molecule is CC1CCN(c2ccc(C(=O)NCC3CNC3)cc2[N+](=O)[O-])CC1. The van der Waals surface area contributed by atoms with Crippen molar-refractivity contribution in [2.75, 3.05) is 37.6 Å². The first-order valence-electron chi connectivity index (χ1n) is 8.57. The van der Waals surface area contributed by atoms with Crippen molar-refractivity contribution >= 4 is 17.3 Å². The Labute approximate surface area is 141 Å². The highest BCUT2D eigenvalue weighted by Crippen LogP contribution is 2.32. The Morgan fingerprint density at radius 3 is 2.67 bits per heavy atom. The minimum absolute atomic E-state index is 0.0162. The number of nitrogens with one attached hydrogen (secondary N) is 2. The van der Waals surface area contributed by atoms with Gasteiger partial charge in [0, 0.05) is 50.3 Å². The molecule has 0 saturated carbocycles. The Morgan fingerprint density at radius 2 is 2.08 bits per heavy atom. The molecule has 7 heteroatoms. The number of hydrogen-bond acceptors (Lipinski definition) is 5. The number of rotatable bonds is 5. The second kappa shape index (κ2) is 7.17. The molecule has 2 aliphatic heterocycles. The molecule has 0 atom stereocenters. The molecule has 24 heavy (non-hydrogen) atoms. The summed E-state index contributed by atoms with van der Waals surface area (Å²) in [6, 6.07) is 4.81. The Kier molecular flexibility index (Phi) is 4.99. The van der Waals surface area contributed by atoms with Gasteiger partial charge in [-0.15, -0.1) is 0 Å². The zero-order valence-electron chi connectivity index (χ0n) is 14.0. The van der Waals surface area contributed by atoms with E-state index in [-0.39, 0.29) is 16.5 Å². The van der Waals surface area contributed by atoms with Crippen LogP contribution in [0.2, 0.25) is 0 Å². The summed E-state index contributed by atoms with van der Waals surface area (Å²) >= 11 is 0. The fourth-order valence-electron chi connectivity index (χ4n) is 3.16. The molecule has 2 saturated heterocycles. The van der Waals surface area contributed by atoms with Gasteiger partial charge in [0.15, 0.2) is 0 Å². The van der Waals surface area contributed by atoms with Crippen molar-refractivity contribution < 1.29 is 9.72 Å². The molecule has 1 amide bonds. The lowest BCUT2D eigenvalue weighted by atomic mass is 9.98. The molecule has 1 aromatic carbocycles. The summed E-state index contributed by atoms with van der Waals surface area (Å²) < 4.78 is 0. The van der Waals surface area contributed by atoms with Crippen LogP contribution < -0.4 is 15.5 Å². The van der Waals surface area contributed by atoms with E-state index in [1.807, 2.05) is 0 Å². The third-order valence-electron chi connectivity index (χ3n) is 4.98. The van der Waals surface area contributed by atoms with E-state index in [1.165, 1.54) is 6.07 Å². The monoisotopic (exact) mass is 332 g/mol. The molecule has 1 aromatic rings. The average Bonchev–Trinajstić information content (AvgIpc) is 2.53. The number of hydrogen-bond donors (Lipinski definition) is 2. The van der Waals surface area contributed by atoms with Crippen LogP contribution in [0.3, 0.4) is 0 Å². The second-order valence-corrected chi connectivity index (χ2v) is 6.86. The van der Waals surface area contributed by atoms with Gasteiger partial charge in [0.25, 0.3) is 11.6 Å². The molecule has 2 N–H and O–H groups in total. The van der Waals surface area contributed by atoms with Crippen molar-refractivity contribution in [3.63, 3.8) is 0 Å². The maximum Gasteiger partial charge on any atom is 0.293 e. The predicted molar refractivity (Wildman–Crippen MR) is 92.4 cm³/mol. The van der Waals surface area contributed by atoms with Crippen molar-refractivity contribution in [1.82, 2.24) is 10.6 Å². The summed E-state index contributed by atoms with van der Waals surface area (Å²) in [7, 11) is 0. The normalized spacial score (nSPS) is 19.0. The maximum absolute atomic E-state index is 12.2. The van der Waals surface area contributed by atoms with Crippen LogP contribution in [-0.4, -0.2) is 43.6 Å². The minimum Gasteiger partial charge on any atom is -0.366 e. The van der Waals surface area contributed by atoms with Gasteiger partial charge in [0.2, 0.25) is 0 Å². The topological polar surface area (TPSA) is 87.5 Å². The highest BCUT2D eigenvalue weighted by atomic mass is 16.6. The number of benzene rings is 1. The van der Waals surface area contributed by atoms with Gasteiger partial charge in [-0.2, -0.15) is 0 Å². The standard InChI is InChI=1S/C17H24N4O3/c1-12-4-6-20(7-5-12)15-3-2-14(8-16(15)21(23)24)17(22)19-11-13-9-18-10-13/h2-3,8,12-13,18H,4-7,9-11H2,1H3,(H,19,22). The molecule has 0 radical (unpaired) electrons. The molecule has 2 heterocycles. The Bertz CT molecular complexity index is 622. The maximum atomic E-state index is 12.2. The van der Waals surface area contributed by atoms with Gasteiger partial charge in [0.05, 0.1) is 4.92 Å². The summed E-state index contributed by atoms with van der Waals surface area (Å²) in [6.45, 7) is 6.27. The molecule has 0 spiro atoms. The Hall–Kier alpha value is -2.15. The zero-order chi connectivity index (χ0) is 17.1. The van der Waals surface area contributed by atoms with Crippen LogP contribution in [0, 0.1) is 22.0 Å². The minimum atomic E-state index is -0.389. The van der Waals surface area contributed by atoms with Gasteiger partial charge in [0.1, 0.15) is 5.69 Å². The van der Waals surface area contributed by atoms with Crippen LogP contribution in [0.15, 0.2) is 18.2 Å². The van der Waals surface area contributed by atoms with Gasteiger partial charge in [-0.05, 0) is 30.9 Å². The van der Waals surface area contributed by atoms with Crippen LogP contribution in [0.1, 0.15) is 30.1 Å². The Balaban J connectivity index is 1.73. The van der Waals surface area contributed by atoms with E-state index in [4.69, 9.17) is 0 Å². The van der Waals surface area contributed by atoms with Gasteiger partial charge < -0.3 is 15.5 Å². The number of carbonyl (C=O) groups excluding carboxylic acids is 1. The van der Waals surface area contributed by atoms with Crippen molar-refractivity contribution in [2.24, 2.45) is 11.8 Å². The summed E-state index contributed by atoms with van der Waals surface area (Å²) in [5.74, 6) is 0.869. The third kappa shape index (κ3) is 3.67. The van der Waals surface area contributed by atoms with Crippen LogP contribution in [0.4, 0.5) is 11.4 Å².